The Morgan fingerprint density at radius 3 is 2.33 bits per heavy atom. The second kappa shape index (κ2) is 3.41. The van der Waals surface area contributed by atoms with Crippen LogP contribution in [0.15, 0.2) is 0 Å². The maximum Gasteiger partial charge on any atom is 0.279 e. The summed E-state index contributed by atoms with van der Waals surface area (Å²) >= 11 is 0. The van der Waals surface area contributed by atoms with E-state index in [2.05, 4.69) is 10.0 Å². The standard InChI is InChI=1S/C9H17N3O2S/c13-15(14,12-3-1-2-4-12)11-9-7-5-10-6-8(7)9/h7-11H,1-6H2. The molecule has 6 heteroatoms. The summed E-state index contributed by atoms with van der Waals surface area (Å²) in [5.74, 6) is 1.09. The maximum absolute atomic E-state index is 11.9. The summed E-state index contributed by atoms with van der Waals surface area (Å²) in [5, 5.41) is 3.26. The van der Waals surface area contributed by atoms with Gasteiger partial charge in [0.25, 0.3) is 10.2 Å². The number of nitrogens with one attached hydrogen (secondary N) is 2. The number of nitrogens with zero attached hydrogens (tertiary/aromatic N) is 1. The fourth-order valence-corrected chi connectivity index (χ4v) is 4.35. The summed E-state index contributed by atoms with van der Waals surface area (Å²) < 4.78 is 28.2. The smallest absolute Gasteiger partial charge is 0.279 e. The number of hydrogen-bond donors (Lipinski definition) is 2. The van der Waals surface area contributed by atoms with Gasteiger partial charge in [0.05, 0.1) is 0 Å². The van der Waals surface area contributed by atoms with Gasteiger partial charge in [0.15, 0.2) is 0 Å². The highest BCUT2D eigenvalue weighted by Crippen LogP contribution is 2.42. The van der Waals surface area contributed by atoms with Gasteiger partial charge in [-0.15, -0.1) is 0 Å². The van der Waals surface area contributed by atoms with Crippen LogP contribution >= 0.6 is 0 Å². The lowest BCUT2D eigenvalue weighted by Crippen LogP contribution is -2.42. The molecular formula is C9H17N3O2S. The predicted octanol–water partition coefficient (Wildman–Crippen LogP) is -0.866. The van der Waals surface area contributed by atoms with Crippen LogP contribution in [0.4, 0.5) is 0 Å². The molecule has 1 saturated carbocycles. The molecule has 3 aliphatic rings. The molecule has 0 aromatic rings. The Kier molecular flexibility index (Phi) is 2.28. The zero-order chi connectivity index (χ0) is 10.5. The van der Waals surface area contributed by atoms with Gasteiger partial charge < -0.3 is 5.32 Å². The quantitative estimate of drug-likeness (QED) is 0.664. The second-order valence-corrected chi connectivity index (χ2v) is 6.44. The van der Waals surface area contributed by atoms with E-state index in [0.717, 1.165) is 25.9 Å². The van der Waals surface area contributed by atoms with Gasteiger partial charge in [-0.05, 0) is 37.8 Å². The summed E-state index contributed by atoms with van der Waals surface area (Å²) in [6, 6.07) is 0.205. The highest BCUT2D eigenvalue weighted by Gasteiger charge is 2.54. The third kappa shape index (κ3) is 1.69. The molecule has 2 saturated heterocycles. The molecule has 0 spiro atoms. The molecule has 3 fully saturated rings. The SMILES string of the molecule is O=S(=O)(NC1C2CNCC21)N1CCCC1. The van der Waals surface area contributed by atoms with E-state index in [-0.39, 0.29) is 6.04 Å². The second-order valence-electron chi connectivity index (χ2n) is 4.74. The lowest BCUT2D eigenvalue weighted by atomic mass is 10.4. The molecule has 2 aliphatic heterocycles. The highest BCUT2D eigenvalue weighted by atomic mass is 32.2. The van der Waals surface area contributed by atoms with Crippen LogP contribution in [0.3, 0.4) is 0 Å². The molecule has 0 radical (unpaired) electrons. The molecule has 15 heavy (non-hydrogen) atoms. The Morgan fingerprint density at radius 2 is 1.73 bits per heavy atom. The summed E-state index contributed by atoms with van der Waals surface area (Å²) in [7, 11) is -3.18. The Morgan fingerprint density at radius 1 is 1.13 bits per heavy atom. The van der Waals surface area contributed by atoms with Crippen LogP contribution in [-0.2, 0) is 10.2 Å². The molecule has 0 aromatic heterocycles. The number of rotatable bonds is 3. The van der Waals surface area contributed by atoms with Crippen molar-refractivity contribution >= 4 is 10.2 Å². The van der Waals surface area contributed by atoms with E-state index in [1.165, 1.54) is 0 Å². The molecule has 2 unspecified atom stereocenters. The van der Waals surface area contributed by atoms with Crippen LogP contribution in [0, 0.1) is 11.8 Å². The van der Waals surface area contributed by atoms with Crippen LogP contribution in [0.1, 0.15) is 12.8 Å². The maximum atomic E-state index is 11.9. The minimum absolute atomic E-state index is 0.205. The molecule has 2 heterocycles. The summed E-state index contributed by atoms with van der Waals surface area (Å²) in [4.78, 5) is 0. The van der Waals surface area contributed by atoms with Crippen LogP contribution < -0.4 is 10.0 Å². The Balaban J connectivity index is 1.62. The van der Waals surface area contributed by atoms with Crippen molar-refractivity contribution in [1.29, 1.82) is 0 Å². The van der Waals surface area contributed by atoms with Gasteiger partial charge in [0, 0.05) is 19.1 Å². The van der Waals surface area contributed by atoms with Crippen molar-refractivity contribution < 1.29 is 8.42 Å². The molecule has 86 valence electrons. The number of piperidine rings is 1. The van der Waals surface area contributed by atoms with Gasteiger partial charge in [-0.1, -0.05) is 0 Å². The van der Waals surface area contributed by atoms with Crippen LogP contribution in [0.25, 0.3) is 0 Å². The largest absolute Gasteiger partial charge is 0.316 e. The van der Waals surface area contributed by atoms with Crippen molar-refractivity contribution in [3.8, 4) is 0 Å². The van der Waals surface area contributed by atoms with Gasteiger partial charge in [-0.3, -0.25) is 0 Å². The van der Waals surface area contributed by atoms with Gasteiger partial charge in [0.1, 0.15) is 0 Å². The molecule has 0 aromatic carbocycles. The summed E-state index contributed by atoms with van der Waals surface area (Å²) in [5.41, 5.74) is 0. The molecule has 2 atom stereocenters. The van der Waals surface area contributed by atoms with Crippen LogP contribution in [0.2, 0.25) is 0 Å². The van der Waals surface area contributed by atoms with Crippen molar-refractivity contribution in [1.82, 2.24) is 14.3 Å². The zero-order valence-electron chi connectivity index (χ0n) is 8.65. The van der Waals surface area contributed by atoms with Crippen molar-refractivity contribution in [2.24, 2.45) is 11.8 Å². The van der Waals surface area contributed by atoms with Crippen molar-refractivity contribution in [3.63, 3.8) is 0 Å². The molecule has 1 aliphatic carbocycles. The van der Waals surface area contributed by atoms with E-state index in [0.29, 0.717) is 24.9 Å². The minimum atomic E-state index is -3.18. The van der Waals surface area contributed by atoms with Gasteiger partial charge in [-0.2, -0.15) is 17.4 Å². The van der Waals surface area contributed by atoms with E-state index < -0.39 is 10.2 Å². The van der Waals surface area contributed by atoms with E-state index in [1.807, 2.05) is 0 Å². The molecule has 3 rings (SSSR count). The summed E-state index contributed by atoms with van der Waals surface area (Å²) in [6.07, 6.45) is 2.00. The van der Waals surface area contributed by atoms with Crippen LogP contribution in [-0.4, -0.2) is 44.9 Å². The fourth-order valence-electron chi connectivity index (χ4n) is 2.77. The summed E-state index contributed by atoms with van der Waals surface area (Å²) in [6.45, 7) is 3.32. The van der Waals surface area contributed by atoms with E-state index in [9.17, 15) is 8.42 Å². The zero-order valence-corrected chi connectivity index (χ0v) is 9.46. The van der Waals surface area contributed by atoms with Crippen molar-refractivity contribution in [2.45, 2.75) is 18.9 Å². The Bertz CT molecular complexity index is 340. The van der Waals surface area contributed by atoms with Gasteiger partial charge >= 0.3 is 0 Å². The molecule has 5 nitrogen and oxygen atoms in total. The minimum Gasteiger partial charge on any atom is -0.316 e. The number of fused-ring (bicyclic) bond motifs is 1. The fraction of sp³-hybridized carbons (Fsp3) is 1.00. The average molecular weight is 231 g/mol. The number of hydrogen-bond acceptors (Lipinski definition) is 3. The highest BCUT2D eigenvalue weighted by molar-refractivity contribution is 7.87. The Hall–Kier alpha value is -0.170. The average Bonchev–Trinajstić information content (AvgIpc) is 2.75. The Labute approximate surface area is 90.4 Å². The molecular weight excluding hydrogens is 214 g/mol. The first-order chi connectivity index (χ1) is 7.18. The lowest BCUT2D eigenvalue weighted by Gasteiger charge is -2.17. The first-order valence-electron chi connectivity index (χ1n) is 5.66. The van der Waals surface area contributed by atoms with E-state index in [1.54, 1.807) is 4.31 Å². The first-order valence-corrected chi connectivity index (χ1v) is 7.10. The topological polar surface area (TPSA) is 61.4 Å². The lowest BCUT2D eigenvalue weighted by molar-refractivity contribution is 0.459. The van der Waals surface area contributed by atoms with Gasteiger partial charge in [0.2, 0.25) is 0 Å². The van der Waals surface area contributed by atoms with Crippen molar-refractivity contribution in [3.05, 3.63) is 0 Å². The predicted molar refractivity (Wildman–Crippen MR) is 56.5 cm³/mol. The van der Waals surface area contributed by atoms with E-state index >= 15 is 0 Å². The monoisotopic (exact) mass is 231 g/mol. The molecule has 0 amide bonds. The third-order valence-corrected chi connectivity index (χ3v) is 5.40. The normalized spacial score (nSPS) is 40.7. The molecule has 2 N–H and O–H groups in total. The van der Waals surface area contributed by atoms with Crippen molar-refractivity contribution in [2.75, 3.05) is 26.2 Å². The molecule has 0 bridgehead atoms. The van der Waals surface area contributed by atoms with E-state index in [4.69, 9.17) is 0 Å². The third-order valence-electron chi connectivity index (χ3n) is 3.78. The first kappa shape index (κ1) is 10.0. The van der Waals surface area contributed by atoms with Gasteiger partial charge in [-0.25, -0.2) is 0 Å². The van der Waals surface area contributed by atoms with Crippen LogP contribution in [0.5, 0.6) is 0 Å².